The molecule has 0 spiro atoms. The summed E-state index contributed by atoms with van der Waals surface area (Å²) in [5.41, 5.74) is 1.58. The smallest absolute Gasteiger partial charge is 0.309 e. The summed E-state index contributed by atoms with van der Waals surface area (Å²) < 4.78 is 17.9. The SMILES string of the molecule is COC(=O)C1CC(C)N(C(=O)c2cc(-c3cc(OC)ncc3Cl)n(COCC[Si](C)(C)C)n2)CC1C. The molecule has 198 valence electrons. The fourth-order valence-corrected chi connectivity index (χ4v) is 5.30. The van der Waals surface area contributed by atoms with Crippen LogP contribution in [0.4, 0.5) is 0 Å². The van der Waals surface area contributed by atoms with Crippen LogP contribution in [0.5, 0.6) is 5.88 Å². The molecule has 1 fully saturated rings. The standard InChI is InChI=1S/C25H37ClN4O5Si/c1-16-14-29(17(2)10-18(16)25(32)34-4)24(31)21-12-22(19-11-23(33-3)27-13-20(19)26)30(28-21)15-35-8-9-36(5,6)7/h11-13,16-18H,8-10,14-15H2,1-7H3. The number of piperidine rings is 1. The van der Waals surface area contributed by atoms with Crippen LogP contribution < -0.4 is 4.74 Å². The van der Waals surface area contributed by atoms with Crippen molar-refractivity contribution >= 4 is 31.6 Å². The molecule has 1 saturated heterocycles. The molecule has 3 unspecified atom stereocenters. The summed E-state index contributed by atoms with van der Waals surface area (Å²) in [7, 11) is 1.68. The molecule has 1 aliphatic rings. The molecule has 0 radical (unpaired) electrons. The number of aromatic nitrogens is 3. The summed E-state index contributed by atoms with van der Waals surface area (Å²) in [6.45, 7) is 12.0. The predicted octanol–water partition coefficient (Wildman–Crippen LogP) is 4.58. The summed E-state index contributed by atoms with van der Waals surface area (Å²) in [5.74, 6) is -0.281. The molecule has 9 nitrogen and oxygen atoms in total. The summed E-state index contributed by atoms with van der Waals surface area (Å²) in [4.78, 5) is 31.7. The van der Waals surface area contributed by atoms with Crippen molar-refractivity contribution in [3.63, 3.8) is 0 Å². The lowest BCUT2D eigenvalue weighted by Crippen LogP contribution is -2.50. The fraction of sp³-hybridized carbons (Fsp3) is 0.600. The van der Waals surface area contributed by atoms with E-state index in [1.807, 2.05) is 13.8 Å². The number of methoxy groups -OCH3 is 2. The number of nitrogens with zero attached hydrogens (tertiary/aromatic N) is 4. The van der Waals surface area contributed by atoms with Gasteiger partial charge in [0, 0.05) is 38.9 Å². The molecule has 3 rings (SSSR count). The lowest BCUT2D eigenvalue weighted by molar-refractivity contribution is -0.149. The molecule has 0 aliphatic carbocycles. The van der Waals surface area contributed by atoms with Gasteiger partial charge in [0.05, 0.1) is 37.1 Å². The summed E-state index contributed by atoms with van der Waals surface area (Å²) in [6, 6.07) is 4.33. The minimum absolute atomic E-state index is 0.0250. The number of ether oxygens (including phenoxy) is 3. The maximum absolute atomic E-state index is 13.6. The molecule has 11 heteroatoms. The van der Waals surface area contributed by atoms with Crippen molar-refractivity contribution in [3.05, 3.63) is 29.0 Å². The van der Waals surface area contributed by atoms with Crippen LogP contribution in [-0.4, -0.2) is 73.0 Å². The predicted molar refractivity (Wildman–Crippen MR) is 141 cm³/mol. The number of hydrogen-bond acceptors (Lipinski definition) is 7. The quantitative estimate of drug-likeness (QED) is 0.263. The number of carbonyl (C=O) groups excluding carboxylic acids is 2. The van der Waals surface area contributed by atoms with E-state index in [4.69, 9.17) is 25.8 Å². The van der Waals surface area contributed by atoms with E-state index < -0.39 is 8.07 Å². The number of pyridine rings is 1. The van der Waals surface area contributed by atoms with Crippen LogP contribution in [0, 0.1) is 11.8 Å². The lowest BCUT2D eigenvalue weighted by atomic mass is 9.83. The Morgan fingerprint density at radius 1 is 1.19 bits per heavy atom. The number of carbonyl (C=O) groups is 2. The molecule has 0 N–H and O–H groups in total. The van der Waals surface area contributed by atoms with E-state index in [1.54, 1.807) is 21.7 Å². The zero-order valence-corrected chi connectivity index (χ0v) is 24.0. The average molecular weight is 537 g/mol. The summed E-state index contributed by atoms with van der Waals surface area (Å²) >= 11 is 6.49. The molecule has 0 saturated carbocycles. The fourth-order valence-electron chi connectivity index (χ4n) is 4.35. The van der Waals surface area contributed by atoms with Crippen LogP contribution >= 0.6 is 11.6 Å². The van der Waals surface area contributed by atoms with E-state index in [0.717, 1.165) is 6.04 Å². The van der Waals surface area contributed by atoms with E-state index in [0.29, 0.717) is 47.4 Å². The number of amides is 1. The average Bonchev–Trinajstić information content (AvgIpc) is 3.25. The van der Waals surface area contributed by atoms with Crippen molar-refractivity contribution in [2.75, 3.05) is 27.4 Å². The number of esters is 1. The van der Waals surface area contributed by atoms with Gasteiger partial charge in [0.1, 0.15) is 6.73 Å². The second-order valence-electron chi connectivity index (χ2n) is 10.6. The Morgan fingerprint density at radius 2 is 1.92 bits per heavy atom. The molecule has 0 aromatic carbocycles. The zero-order chi connectivity index (χ0) is 26.6. The van der Waals surface area contributed by atoms with E-state index in [1.165, 1.54) is 20.4 Å². The van der Waals surface area contributed by atoms with Crippen molar-refractivity contribution in [1.82, 2.24) is 19.7 Å². The van der Waals surface area contributed by atoms with Gasteiger partial charge in [0.15, 0.2) is 5.69 Å². The second-order valence-corrected chi connectivity index (χ2v) is 16.6. The van der Waals surface area contributed by atoms with Gasteiger partial charge in [-0.05, 0) is 31.4 Å². The van der Waals surface area contributed by atoms with Crippen LogP contribution in [-0.2, 0) is 21.0 Å². The molecular weight excluding hydrogens is 500 g/mol. The van der Waals surface area contributed by atoms with Crippen LogP contribution in [0.1, 0.15) is 30.8 Å². The third-order valence-electron chi connectivity index (χ3n) is 6.59. The molecule has 2 aromatic rings. The third kappa shape index (κ3) is 6.66. The first-order valence-corrected chi connectivity index (χ1v) is 16.3. The highest BCUT2D eigenvalue weighted by atomic mass is 35.5. The second kappa shape index (κ2) is 11.7. The number of rotatable bonds is 9. The Labute approximate surface area is 219 Å². The molecular formula is C25H37ClN4O5Si. The highest BCUT2D eigenvalue weighted by Crippen LogP contribution is 2.33. The Morgan fingerprint density at radius 3 is 2.56 bits per heavy atom. The monoisotopic (exact) mass is 536 g/mol. The van der Waals surface area contributed by atoms with E-state index in [-0.39, 0.29) is 36.5 Å². The zero-order valence-electron chi connectivity index (χ0n) is 22.2. The van der Waals surface area contributed by atoms with Gasteiger partial charge in [-0.1, -0.05) is 38.2 Å². The highest BCUT2D eigenvalue weighted by molar-refractivity contribution is 6.76. The first-order valence-electron chi connectivity index (χ1n) is 12.2. The largest absolute Gasteiger partial charge is 0.481 e. The van der Waals surface area contributed by atoms with Gasteiger partial charge in [0.25, 0.3) is 5.91 Å². The normalized spacial score (nSPS) is 20.3. The van der Waals surface area contributed by atoms with E-state index in [9.17, 15) is 9.59 Å². The Hall–Kier alpha value is -2.43. The van der Waals surface area contributed by atoms with E-state index >= 15 is 0 Å². The van der Waals surface area contributed by atoms with Gasteiger partial charge < -0.3 is 19.1 Å². The van der Waals surface area contributed by atoms with Crippen LogP contribution in [0.15, 0.2) is 18.3 Å². The van der Waals surface area contributed by atoms with Gasteiger partial charge in [-0.2, -0.15) is 5.10 Å². The molecule has 3 heterocycles. The van der Waals surface area contributed by atoms with Crippen molar-refractivity contribution in [1.29, 1.82) is 0 Å². The first kappa shape index (κ1) is 28.1. The van der Waals surface area contributed by atoms with Gasteiger partial charge in [-0.25, -0.2) is 9.67 Å². The van der Waals surface area contributed by atoms with Crippen LogP contribution in [0.25, 0.3) is 11.3 Å². The van der Waals surface area contributed by atoms with Crippen molar-refractivity contribution in [3.8, 4) is 17.1 Å². The lowest BCUT2D eigenvalue weighted by Gasteiger charge is -2.40. The minimum Gasteiger partial charge on any atom is -0.481 e. The Balaban J connectivity index is 1.90. The maximum atomic E-state index is 13.6. The topological polar surface area (TPSA) is 95.8 Å². The summed E-state index contributed by atoms with van der Waals surface area (Å²) in [6.07, 6.45) is 2.06. The third-order valence-corrected chi connectivity index (χ3v) is 8.59. The van der Waals surface area contributed by atoms with Gasteiger partial charge in [-0.3, -0.25) is 9.59 Å². The van der Waals surface area contributed by atoms with Crippen molar-refractivity contribution < 1.29 is 23.8 Å². The molecule has 36 heavy (non-hydrogen) atoms. The molecule has 3 atom stereocenters. The van der Waals surface area contributed by atoms with Gasteiger partial charge in [-0.15, -0.1) is 0 Å². The van der Waals surface area contributed by atoms with Crippen molar-refractivity contribution in [2.24, 2.45) is 11.8 Å². The summed E-state index contributed by atoms with van der Waals surface area (Å²) in [5, 5.41) is 5.04. The molecule has 1 aliphatic heterocycles. The van der Waals surface area contributed by atoms with Crippen LogP contribution in [0.2, 0.25) is 30.7 Å². The molecule has 0 bridgehead atoms. The van der Waals surface area contributed by atoms with E-state index in [2.05, 4.69) is 29.7 Å². The van der Waals surface area contributed by atoms with Crippen molar-refractivity contribution in [2.45, 2.75) is 58.7 Å². The van der Waals surface area contributed by atoms with Crippen LogP contribution in [0.3, 0.4) is 0 Å². The van der Waals surface area contributed by atoms with Gasteiger partial charge in [0.2, 0.25) is 5.88 Å². The Bertz CT molecular complexity index is 1090. The number of halogens is 1. The Kier molecular flexibility index (Phi) is 9.18. The first-order chi connectivity index (χ1) is 16.9. The maximum Gasteiger partial charge on any atom is 0.309 e. The number of hydrogen-bond donors (Lipinski definition) is 0. The number of likely N-dealkylation sites (tertiary alicyclic amines) is 1. The molecule has 2 aromatic heterocycles. The highest BCUT2D eigenvalue weighted by Gasteiger charge is 2.39. The molecule has 1 amide bonds. The minimum atomic E-state index is -1.25. The van der Waals surface area contributed by atoms with Gasteiger partial charge >= 0.3 is 5.97 Å².